The van der Waals surface area contributed by atoms with Crippen molar-refractivity contribution in [1.82, 2.24) is 4.98 Å². The number of pyridine rings is 1. The summed E-state index contributed by atoms with van der Waals surface area (Å²) in [5.74, 6) is -4.35. The molecule has 0 radical (unpaired) electrons. The maximum atomic E-state index is 13.5. The molecule has 0 saturated heterocycles. The number of halogens is 4. The van der Waals surface area contributed by atoms with Gasteiger partial charge in [0.1, 0.15) is 0 Å². The molecule has 0 unspecified atom stereocenters. The van der Waals surface area contributed by atoms with E-state index in [1.165, 1.54) is 13.1 Å². The number of anilines is 3. The summed E-state index contributed by atoms with van der Waals surface area (Å²) in [4.78, 5) is 3.65. The lowest BCUT2D eigenvalue weighted by Gasteiger charge is -2.09. The van der Waals surface area contributed by atoms with Gasteiger partial charge in [-0.15, -0.1) is 0 Å². The fourth-order valence-corrected chi connectivity index (χ4v) is 1.44. The third-order valence-corrected chi connectivity index (χ3v) is 2.35. The van der Waals surface area contributed by atoms with Gasteiger partial charge in [0.25, 0.3) is 0 Å². The molecule has 7 heteroatoms. The SMILES string of the molecule is CNc1nc(Nc2ccc(F)c(F)c2)c(F)cc1F. The topological polar surface area (TPSA) is 37.0 Å². The highest BCUT2D eigenvalue weighted by Crippen LogP contribution is 2.23. The minimum Gasteiger partial charge on any atom is -0.371 e. The number of hydrogen-bond donors (Lipinski definition) is 2. The smallest absolute Gasteiger partial charge is 0.169 e. The summed E-state index contributed by atoms with van der Waals surface area (Å²) in [5, 5.41) is 4.89. The van der Waals surface area contributed by atoms with Gasteiger partial charge in [0, 0.05) is 24.9 Å². The summed E-state index contributed by atoms with van der Waals surface area (Å²) < 4.78 is 52.4. The average molecular weight is 271 g/mol. The van der Waals surface area contributed by atoms with E-state index in [9.17, 15) is 17.6 Å². The number of nitrogens with zero attached hydrogens (tertiary/aromatic N) is 1. The molecule has 100 valence electrons. The highest BCUT2D eigenvalue weighted by molar-refractivity contribution is 5.59. The van der Waals surface area contributed by atoms with Gasteiger partial charge in [-0.3, -0.25) is 0 Å². The van der Waals surface area contributed by atoms with E-state index in [1.54, 1.807) is 0 Å². The van der Waals surface area contributed by atoms with Crippen LogP contribution in [-0.4, -0.2) is 12.0 Å². The average Bonchev–Trinajstić information content (AvgIpc) is 2.37. The summed E-state index contributed by atoms with van der Waals surface area (Å²) in [6, 6.07) is 3.58. The standard InChI is InChI=1S/C12H9F4N3/c1-17-11-9(15)5-10(16)12(19-11)18-6-2-3-7(13)8(14)4-6/h2-5H,1H3,(H2,17,18,19). The monoisotopic (exact) mass is 271 g/mol. The van der Waals surface area contributed by atoms with Crippen LogP contribution in [-0.2, 0) is 0 Å². The van der Waals surface area contributed by atoms with Crippen molar-refractivity contribution in [1.29, 1.82) is 0 Å². The highest BCUT2D eigenvalue weighted by atomic mass is 19.2. The molecule has 0 aliphatic heterocycles. The molecule has 1 aromatic carbocycles. The molecule has 19 heavy (non-hydrogen) atoms. The fourth-order valence-electron chi connectivity index (χ4n) is 1.44. The van der Waals surface area contributed by atoms with E-state index in [-0.39, 0.29) is 17.3 Å². The van der Waals surface area contributed by atoms with Crippen LogP contribution in [0.2, 0.25) is 0 Å². The van der Waals surface area contributed by atoms with Crippen molar-refractivity contribution in [3.63, 3.8) is 0 Å². The van der Waals surface area contributed by atoms with Gasteiger partial charge < -0.3 is 10.6 Å². The molecule has 0 spiro atoms. The lowest BCUT2D eigenvalue weighted by Crippen LogP contribution is -2.03. The Morgan fingerprint density at radius 2 is 1.53 bits per heavy atom. The molecule has 0 aliphatic carbocycles. The molecule has 2 N–H and O–H groups in total. The van der Waals surface area contributed by atoms with Crippen LogP contribution < -0.4 is 10.6 Å². The zero-order valence-corrected chi connectivity index (χ0v) is 9.77. The first-order valence-electron chi connectivity index (χ1n) is 5.27. The number of benzene rings is 1. The highest BCUT2D eigenvalue weighted by Gasteiger charge is 2.12. The van der Waals surface area contributed by atoms with Gasteiger partial charge in [-0.2, -0.15) is 0 Å². The summed E-state index contributed by atoms with van der Waals surface area (Å²) in [6.45, 7) is 0. The Labute approximate surface area is 106 Å². The van der Waals surface area contributed by atoms with E-state index in [0.717, 1.165) is 12.1 Å². The normalized spacial score (nSPS) is 10.4. The molecule has 1 heterocycles. The second-order valence-corrected chi connectivity index (χ2v) is 3.65. The van der Waals surface area contributed by atoms with Gasteiger partial charge in [0.15, 0.2) is 34.9 Å². The molecular formula is C12H9F4N3. The number of aromatic nitrogens is 1. The third kappa shape index (κ3) is 2.75. The predicted molar refractivity (Wildman–Crippen MR) is 63.3 cm³/mol. The Balaban J connectivity index is 2.34. The van der Waals surface area contributed by atoms with Crippen LogP contribution in [0.15, 0.2) is 24.3 Å². The quantitative estimate of drug-likeness (QED) is 0.840. The Bertz CT molecular complexity index is 616. The van der Waals surface area contributed by atoms with E-state index in [4.69, 9.17) is 0 Å². The second kappa shape index (κ2) is 5.13. The molecule has 0 aliphatic rings. The van der Waals surface area contributed by atoms with Crippen LogP contribution in [0.3, 0.4) is 0 Å². The first-order valence-corrected chi connectivity index (χ1v) is 5.27. The molecular weight excluding hydrogens is 262 g/mol. The van der Waals surface area contributed by atoms with E-state index in [0.29, 0.717) is 6.07 Å². The van der Waals surface area contributed by atoms with Crippen LogP contribution in [0.5, 0.6) is 0 Å². The molecule has 3 nitrogen and oxygen atoms in total. The molecule has 0 atom stereocenters. The van der Waals surface area contributed by atoms with Gasteiger partial charge in [-0.1, -0.05) is 0 Å². The van der Waals surface area contributed by atoms with Crippen LogP contribution in [0.4, 0.5) is 34.9 Å². The lowest BCUT2D eigenvalue weighted by molar-refractivity contribution is 0.509. The Hall–Kier alpha value is -2.31. The molecule has 2 rings (SSSR count). The summed E-state index contributed by atoms with van der Waals surface area (Å²) >= 11 is 0. The Morgan fingerprint density at radius 1 is 0.842 bits per heavy atom. The largest absolute Gasteiger partial charge is 0.371 e. The minimum atomic E-state index is -1.08. The first kappa shape index (κ1) is 13.1. The zero-order valence-electron chi connectivity index (χ0n) is 9.77. The van der Waals surface area contributed by atoms with Crippen molar-refractivity contribution in [2.45, 2.75) is 0 Å². The minimum absolute atomic E-state index is 0.0963. The maximum absolute atomic E-state index is 13.5. The summed E-state index contributed by atoms with van der Waals surface area (Å²) in [6.07, 6.45) is 0. The summed E-state index contributed by atoms with van der Waals surface area (Å²) in [7, 11) is 1.42. The van der Waals surface area contributed by atoms with Crippen molar-refractivity contribution < 1.29 is 17.6 Å². The van der Waals surface area contributed by atoms with E-state index in [2.05, 4.69) is 15.6 Å². The van der Waals surface area contributed by atoms with Crippen molar-refractivity contribution in [2.75, 3.05) is 17.7 Å². The first-order chi connectivity index (χ1) is 9.01. The number of hydrogen-bond acceptors (Lipinski definition) is 3. The van der Waals surface area contributed by atoms with Crippen molar-refractivity contribution >= 4 is 17.3 Å². The van der Waals surface area contributed by atoms with Crippen LogP contribution in [0, 0.1) is 23.3 Å². The number of nitrogens with one attached hydrogen (secondary N) is 2. The van der Waals surface area contributed by atoms with Crippen LogP contribution >= 0.6 is 0 Å². The fraction of sp³-hybridized carbons (Fsp3) is 0.0833. The predicted octanol–water partition coefficient (Wildman–Crippen LogP) is 3.42. The molecule has 0 amide bonds. The van der Waals surface area contributed by atoms with Crippen molar-refractivity contribution in [3.05, 3.63) is 47.5 Å². The van der Waals surface area contributed by atoms with Crippen molar-refractivity contribution in [3.8, 4) is 0 Å². The molecule has 1 aromatic heterocycles. The van der Waals surface area contributed by atoms with E-state index < -0.39 is 23.3 Å². The Kier molecular flexibility index (Phi) is 3.55. The van der Waals surface area contributed by atoms with Gasteiger partial charge in [0.2, 0.25) is 0 Å². The molecule has 0 bridgehead atoms. The number of rotatable bonds is 3. The second-order valence-electron chi connectivity index (χ2n) is 3.65. The van der Waals surface area contributed by atoms with E-state index >= 15 is 0 Å². The third-order valence-electron chi connectivity index (χ3n) is 2.35. The van der Waals surface area contributed by atoms with Gasteiger partial charge in [-0.25, -0.2) is 22.5 Å². The maximum Gasteiger partial charge on any atom is 0.169 e. The zero-order chi connectivity index (χ0) is 14.0. The molecule has 0 fully saturated rings. The van der Waals surface area contributed by atoms with Crippen molar-refractivity contribution in [2.24, 2.45) is 0 Å². The van der Waals surface area contributed by atoms with Crippen LogP contribution in [0.25, 0.3) is 0 Å². The van der Waals surface area contributed by atoms with Crippen LogP contribution in [0.1, 0.15) is 0 Å². The summed E-state index contributed by atoms with van der Waals surface area (Å²) in [5.41, 5.74) is 0.0963. The Morgan fingerprint density at radius 3 is 2.16 bits per heavy atom. The van der Waals surface area contributed by atoms with E-state index in [1.807, 2.05) is 0 Å². The van der Waals surface area contributed by atoms with Gasteiger partial charge in [-0.05, 0) is 12.1 Å². The lowest BCUT2D eigenvalue weighted by atomic mass is 10.3. The molecule has 2 aromatic rings. The van der Waals surface area contributed by atoms with Gasteiger partial charge >= 0.3 is 0 Å². The molecule has 0 saturated carbocycles. The van der Waals surface area contributed by atoms with Gasteiger partial charge in [0.05, 0.1) is 0 Å².